The molecule has 1 amide bonds. The molecule has 1 N–H and O–H groups in total. The van der Waals surface area contributed by atoms with E-state index in [1.54, 1.807) is 18.7 Å². The Morgan fingerprint density at radius 3 is 2.33 bits per heavy atom. The minimum Gasteiger partial charge on any atom is -0.324 e. The Hall–Kier alpha value is -0.620. The van der Waals surface area contributed by atoms with Crippen molar-refractivity contribution in [2.24, 2.45) is 5.92 Å². The Morgan fingerprint density at radius 2 is 1.90 bits per heavy atom. The van der Waals surface area contributed by atoms with Gasteiger partial charge < -0.3 is 4.90 Å². The maximum Gasteiger partial charge on any atom is 0.241 e. The first-order valence-corrected chi connectivity index (χ1v) is 9.70. The van der Waals surface area contributed by atoms with E-state index >= 15 is 0 Å². The molecule has 0 aromatic carbocycles. The van der Waals surface area contributed by atoms with Crippen molar-refractivity contribution in [3.63, 3.8) is 0 Å². The molecule has 0 saturated carbocycles. The minimum absolute atomic E-state index is 0.0412. The van der Waals surface area contributed by atoms with Gasteiger partial charge in [-0.3, -0.25) is 10.1 Å². The lowest BCUT2D eigenvalue weighted by Crippen LogP contribution is -2.48. The van der Waals surface area contributed by atoms with Gasteiger partial charge >= 0.3 is 0 Å². The summed E-state index contributed by atoms with van der Waals surface area (Å²) in [6.45, 7) is 9.82. The first kappa shape index (κ1) is 18.4. The number of nitrogens with zero attached hydrogens (tertiary/aromatic N) is 1. The van der Waals surface area contributed by atoms with E-state index in [2.05, 4.69) is 26.1 Å². The molecule has 1 fully saturated rings. The minimum atomic E-state index is -3.22. The van der Waals surface area contributed by atoms with Gasteiger partial charge in [-0.05, 0) is 26.2 Å². The second-order valence-corrected chi connectivity index (χ2v) is 9.48. The predicted octanol–water partition coefficient (Wildman–Crippen LogP) is 1.78. The topological polar surface area (TPSA) is 66.5 Å². The Bertz CT molecular complexity index is 473. The molecule has 1 saturated heterocycles. The van der Waals surface area contributed by atoms with Crippen LogP contribution in [0.2, 0.25) is 0 Å². The van der Waals surface area contributed by atoms with Crippen LogP contribution < -0.4 is 5.32 Å². The molecule has 1 rings (SSSR count). The summed E-state index contributed by atoms with van der Waals surface area (Å²) >= 11 is 0. The van der Waals surface area contributed by atoms with Gasteiger partial charge in [0.15, 0.2) is 9.84 Å². The molecular weight excluding hydrogens is 288 g/mol. The van der Waals surface area contributed by atoms with Crippen LogP contribution in [-0.2, 0) is 14.6 Å². The highest BCUT2D eigenvalue weighted by Gasteiger charge is 2.44. The van der Waals surface area contributed by atoms with E-state index < -0.39 is 14.6 Å². The van der Waals surface area contributed by atoms with Crippen molar-refractivity contribution < 1.29 is 13.2 Å². The Kier molecular flexibility index (Phi) is 5.83. The van der Waals surface area contributed by atoms with Crippen LogP contribution in [0.5, 0.6) is 0 Å². The molecule has 0 aromatic rings. The molecule has 0 radical (unpaired) electrons. The summed E-state index contributed by atoms with van der Waals surface area (Å²) in [6.07, 6.45) is 3.91. The maximum atomic E-state index is 12.7. The number of carbonyl (C=O) groups is 1. The second kappa shape index (κ2) is 6.65. The molecule has 6 heteroatoms. The van der Waals surface area contributed by atoms with E-state index in [9.17, 15) is 13.2 Å². The van der Waals surface area contributed by atoms with Crippen LogP contribution in [0, 0.1) is 5.92 Å². The zero-order chi connectivity index (χ0) is 16.4. The van der Waals surface area contributed by atoms with E-state index in [0.717, 1.165) is 19.3 Å². The highest BCUT2D eigenvalue weighted by atomic mass is 32.2. The van der Waals surface area contributed by atoms with Crippen molar-refractivity contribution >= 4 is 15.7 Å². The van der Waals surface area contributed by atoms with Crippen molar-refractivity contribution in [1.82, 2.24) is 10.2 Å². The van der Waals surface area contributed by atoms with Crippen molar-refractivity contribution in [2.45, 2.75) is 70.8 Å². The molecule has 5 nitrogen and oxygen atoms in total. The third-order valence-corrected chi connectivity index (χ3v) is 6.76. The summed E-state index contributed by atoms with van der Waals surface area (Å²) < 4.78 is 22.9. The molecule has 3 unspecified atom stereocenters. The fourth-order valence-electron chi connectivity index (χ4n) is 2.57. The van der Waals surface area contributed by atoms with Gasteiger partial charge in [0.25, 0.3) is 0 Å². The van der Waals surface area contributed by atoms with Gasteiger partial charge in [-0.2, -0.15) is 0 Å². The summed E-state index contributed by atoms with van der Waals surface area (Å²) in [7, 11) is -3.22. The third kappa shape index (κ3) is 3.97. The highest BCUT2D eigenvalue weighted by Crippen LogP contribution is 2.26. The summed E-state index contributed by atoms with van der Waals surface area (Å²) in [5.41, 5.74) is 0. The highest BCUT2D eigenvalue weighted by molar-refractivity contribution is 7.92. The fourth-order valence-corrected chi connectivity index (χ4v) is 2.95. The average Bonchev–Trinajstić information content (AvgIpc) is 2.65. The molecule has 1 heterocycles. The van der Waals surface area contributed by atoms with Crippen LogP contribution in [0.3, 0.4) is 0 Å². The van der Waals surface area contributed by atoms with Gasteiger partial charge in [-0.1, -0.05) is 33.6 Å². The van der Waals surface area contributed by atoms with E-state index in [0.29, 0.717) is 0 Å². The number of carbonyl (C=O) groups excluding carboxylic acids is 1. The smallest absolute Gasteiger partial charge is 0.241 e. The van der Waals surface area contributed by atoms with Crippen molar-refractivity contribution in [2.75, 3.05) is 12.8 Å². The lowest BCUT2D eigenvalue weighted by atomic mass is 9.99. The second-order valence-electron chi connectivity index (χ2n) is 6.83. The molecule has 0 aromatic heterocycles. The molecule has 0 spiro atoms. The van der Waals surface area contributed by atoms with Gasteiger partial charge in [0, 0.05) is 12.8 Å². The van der Waals surface area contributed by atoms with Crippen molar-refractivity contribution in [3.05, 3.63) is 0 Å². The fraction of sp³-hybridized carbons (Fsp3) is 0.933. The third-order valence-electron chi connectivity index (χ3n) is 4.63. The van der Waals surface area contributed by atoms with Crippen molar-refractivity contribution in [3.8, 4) is 0 Å². The van der Waals surface area contributed by atoms with Crippen LogP contribution in [0.25, 0.3) is 0 Å². The van der Waals surface area contributed by atoms with Crippen LogP contribution in [-0.4, -0.2) is 49.0 Å². The Morgan fingerprint density at radius 1 is 1.33 bits per heavy atom. The number of rotatable bonds is 7. The normalized spacial score (nSPS) is 25.4. The molecule has 1 aliphatic heterocycles. The Labute approximate surface area is 129 Å². The lowest BCUT2D eigenvalue weighted by Gasteiger charge is -2.32. The van der Waals surface area contributed by atoms with Gasteiger partial charge in [0.2, 0.25) is 5.91 Å². The SMILES string of the molecule is CCCC1NC(C(C)CC)C(=O)N1CC(C)(C)S(C)(=O)=O. The first-order chi connectivity index (χ1) is 9.55. The number of hydrogen-bond donors (Lipinski definition) is 1. The summed E-state index contributed by atoms with van der Waals surface area (Å²) in [5, 5.41) is 3.40. The van der Waals surface area contributed by atoms with Crippen LogP contribution in [0.4, 0.5) is 0 Å². The van der Waals surface area contributed by atoms with Crippen molar-refractivity contribution in [1.29, 1.82) is 0 Å². The first-order valence-electron chi connectivity index (χ1n) is 7.81. The largest absolute Gasteiger partial charge is 0.324 e. The maximum absolute atomic E-state index is 12.7. The molecule has 21 heavy (non-hydrogen) atoms. The summed E-state index contributed by atoms with van der Waals surface area (Å²) in [6, 6.07) is -0.193. The molecule has 0 aliphatic carbocycles. The van der Waals surface area contributed by atoms with Crippen LogP contribution in [0.1, 0.15) is 53.9 Å². The number of hydrogen-bond acceptors (Lipinski definition) is 4. The molecule has 124 valence electrons. The predicted molar refractivity (Wildman–Crippen MR) is 85.7 cm³/mol. The molecular formula is C15H30N2O3S. The monoisotopic (exact) mass is 318 g/mol. The van der Waals surface area contributed by atoms with Gasteiger partial charge in [0.1, 0.15) is 0 Å². The van der Waals surface area contributed by atoms with Gasteiger partial charge in [-0.25, -0.2) is 8.42 Å². The average molecular weight is 318 g/mol. The molecule has 3 atom stereocenters. The van der Waals surface area contributed by atoms with Gasteiger partial charge in [0.05, 0.1) is 17.0 Å². The summed E-state index contributed by atoms with van der Waals surface area (Å²) in [5.74, 6) is 0.294. The quantitative estimate of drug-likeness (QED) is 0.777. The van der Waals surface area contributed by atoms with E-state index in [1.807, 2.05) is 0 Å². The van der Waals surface area contributed by atoms with Gasteiger partial charge in [-0.15, -0.1) is 0 Å². The summed E-state index contributed by atoms with van der Waals surface area (Å²) in [4.78, 5) is 14.4. The van der Waals surface area contributed by atoms with E-state index in [4.69, 9.17) is 0 Å². The number of sulfone groups is 1. The van der Waals surface area contributed by atoms with Crippen LogP contribution in [0.15, 0.2) is 0 Å². The van der Waals surface area contributed by atoms with E-state index in [1.165, 1.54) is 6.26 Å². The van der Waals surface area contributed by atoms with Crippen LogP contribution >= 0.6 is 0 Å². The zero-order valence-corrected chi connectivity index (χ0v) is 15.0. The molecule has 0 bridgehead atoms. The lowest BCUT2D eigenvalue weighted by molar-refractivity contribution is -0.131. The van der Waals surface area contributed by atoms with E-state index in [-0.39, 0.29) is 30.6 Å². The zero-order valence-electron chi connectivity index (χ0n) is 14.1. The number of amides is 1. The number of nitrogens with one attached hydrogen (secondary N) is 1. The Balaban J connectivity index is 2.99. The molecule has 1 aliphatic rings. The standard InChI is InChI=1S/C15H30N2O3S/c1-7-9-12-16-13(11(3)8-2)14(18)17(12)10-15(4,5)21(6,19)20/h11-13,16H,7-10H2,1-6H3.